The monoisotopic (exact) mass is 233 g/mol. The third-order valence-electron chi connectivity index (χ3n) is 2.30. The zero-order valence-electron chi connectivity index (χ0n) is 8.22. The van der Waals surface area contributed by atoms with Crippen LogP contribution in [0.25, 0.3) is 17.1 Å². The zero-order chi connectivity index (χ0) is 11.1. The van der Waals surface area contributed by atoms with E-state index in [1.807, 2.05) is 16.7 Å². The SMILES string of the molecule is Nc1ccc2nc(-c3ccc(Cl)o3)cn2c1. The molecule has 4 nitrogen and oxygen atoms in total. The molecule has 0 unspecified atom stereocenters. The Morgan fingerprint density at radius 2 is 2.06 bits per heavy atom. The Kier molecular flexibility index (Phi) is 1.91. The molecule has 0 aliphatic rings. The van der Waals surface area contributed by atoms with Crippen molar-refractivity contribution in [2.45, 2.75) is 0 Å². The van der Waals surface area contributed by atoms with Crippen molar-refractivity contribution in [1.82, 2.24) is 9.38 Å². The van der Waals surface area contributed by atoms with Crippen LogP contribution < -0.4 is 5.73 Å². The van der Waals surface area contributed by atoms with Gasteiger partial charge < -0.3 is 14.6 Å². The van der Waals surface area contributed by atoms with E-state index in [9.17, 15) is 0 Å². The average Bonchev–Trinajstić information content (AvgIpc) is 2.83. The molecule has 0 atom stereocenters. The molecule has 16 heavy (non-hydrogen) atoms. The lowest BCUT2D eigenvalue weighted by Gasteiger charge is -1.93. The summed E-state index contributed by atoms with van der Waals surface area (Å²) >= 11 is 5.71. The average molecular weight is 234 g/mol. The maximum atomic E-state index is 5.71. The fourth-order valence-corrected chi connectivity index (χ4v) is 1.73. The summed E-state index contributed by atoms with van der Waals surface area (Å²) in [6.07, 6.45) is 3.65. The number of halogens is 1. The Morgan fingerprint density at radius 3 is 2.81 bits per heavy atom. The molecule has 0 spiro atoms. The quantitative estimate of drug-likeness (QED) is 0.703. The molecule has 3 heterocycles. The van der Waals surface area contributed by atoms with E-state index in [0.717, 1.165) is 11.3 Å². The number of anilines is 1. The van der Waals surface area contributed by atoms with Crippen LogP contribution >= 0.6 is 11.6 Å². The normalized spacial score (nSPS) is 11.1. The van der Waals surface area contributed by atoms with Gasteiger partial charge in [-0.05, 0) is 35.9 Å². The van der Waals surface area contributed by atoms with E-state index >= 15 is 0 Å². The highest BCUT2D eigenvalue weighted by molar-refractivity contribution is 6.28. The molecular weight excluding hydrogens is 226 g/mol. The summed E-state index contributed by atoms with van der Waals surface area (Å²) < 4.78 is 7.14. The van der Waals surface area contributed by atoms with E-state index in [0.29, 0.717) is 16.7 Å². The fraction of sp³-hybridized carbons (Fsp3) is 0. The second-order valence-electron chi connectivity index (χ2n) is 3.46. The second kappa shape index (κ2) is 3.28. The molecule has 0 radical (unpaired) electrons. The summed E-state index contributed by atoms with van der Waals surface area (Å²) in [5.41, 5.74) is 7.92. The van der Waals surface area contributed by atoms with Crippen molar-refractivity contribution in [1.29, 1.82) is 0 Å². The van der Waals surface area contributed by atoms with Crippen molar-refractivity contribution in [3.63, 3.8) is 0 Å². The minimum atomic E-state index is 0.353. The lowest BCUT2D eigenvalue weighted by atomic mass is 10.4. The maximum absolute atomic E-state index is 5.71. The van der Waals surface area contributed by atoms with Gasteiger partial charge in [-0.2, -0.15) is 0 Å². The van der Waals surface area contributed by atoms with Crippen LogP contribution in [0.4, 0.5) is 5.69 Å². The molecule has 0 saturated carbocycles. The third kappa shape index (κ3) is 1.44. The van der Waals surface area contributed by atoms with Gasteiger partial charge in [-0.1, -0.05) is 0 Å². The van der Waals surface area contributed by atoms with Crippen LogP contribution in [-0.4, -0.2) is 9.38 Å². The highest BCUT2D eigenvalue weighted by atomic mass is 35.5. The zero-order valence-corrected chi connectivity index (χ0v) is 8.98. The Hall–Kier alpha value is -1.94. The molecule has 0 amide bonds. The number of aromatic nitrogens is 2. The number of fused-ring (bicyclic) bond motifs is 1. The van der Waals surface area contributed by atoms with Crippen LogP contribution in [0.3, 0.4) is 0 Å². The van der Waals surface area contributed by atoms with Gasteiger partial charge in [0.15, 0.2) is 11.0 Å². The van der Waals surface area contributed by atoms with Crippen LogP contribution in [0.2, 0.25) is 5.22 Å². The minimum Gasteiger partial charge on any atom is -0.443 e. The smallest absolute Gasteiger partial charge is 0.194 e. The molecule has 0 bridgehead atoms. The molecule has 0 aromatic carbocycles. The number of nitrogen functional groups attached to an aromatic ring is 1. The number of hydrogen-bond donors (Lipinski definition) is 1. The number of nitrogens with two attached hydrogens (primary N) is 1. The van der Waals surface area contributed by atoms with Crippen LogP contribution in [0, 0.1) is 0 Å². The summed E-state index contributed by atoms with van der Waals surface area (Å²) in [6, 6.07) is 7.13. The Morgan fingerprint density at radius 1 is 1.19 bits per heavy atom. The molecule has 3 rings (SSSR count). The largest absolute Gasteiger partial charge is 0.443 e. The number of pyridine rings is 1. The predicted octanol–water partition coefficient (Wildman–Crippen LogP) is 2.83. The molecule has 2 N–H and O–H groups in total. The number of imidazole rings is 1. The summed E-state index contributed by atoms with van der Waals surface area (Å²) in [5.74, 6) is 0.646. The molecule has 0 aliphatic heterocycles. The molecule has 5 heteroatoms. The van der Waals surface area contributed by atoms with Gasteiger partial charge >= 0.3 is 0 Å². The molecule has 0 saturated heterocycles. The summed E-state index contributed by atoms with van der Waals surface area (Å²) in [4.78, 5) is 4.39. The van der Waals surface area contributed by atoms with Crippen LogP contribution in [0.5, 0.6) is 0 Å². The summed E-state index contributed by atoms with van der Waals surface area (Å²) in [5, 5.41) is 0.353. The van der Waals surface area contributed by atoms with E-state index in [1.54, 1.807) is 24.4 Å². The van der Waals surface area contributed by atoms with Gasteiger partial charge in [-0.3, -0.25) is 0 Å². The van der Waals surface area contributed by atoms with Crippen LogP contribution in [0.15, 0.2) is 41.1 Å². The van der Waals surface area contributed by atoms with E-state index in [-0.39, 0.29) is 0 Å². The minimum absolute atomic E-state index is 0.353. The van der Waals surface area contributed by atoms with Gasteiger partial charge in [0.25, 0.3) is 0 Å². The second-order valence-corrected chi connectivity index (χ2v) is 3.83. The lowest BCUT2D eigenvalue weighted by Crippen LogP contribution is -1.88. The van der Waals surface area contributed by atoms with E-state index in [4.69, 9.17) is 21.8 Å². The maximum Gasteiger partial charge on any atom is 0.194 e. The number of hydrogen-bond acceptors (Lipinski definition) is 3. The molecule has 3 aromatic heterocycles. The summed E-state index contributed by atoms with van der Waals surface area (Å²) in [6.45, 7) is 0. The van der Waals surface area contributed by atoms with Gasteiger partial charge in [0, 0.05) is 18.1 Å². The molecular formula is C11H8ClN3O. The third-order valence-corrected chi connectivity index (χ3v) is 2.50. The Bertz CT molecular complexity index is 656. The van der Waals surface area contributed by atoms with E-state index in [1.165, 1.54) is 0 Å². The Labute approximate surface area is 96.3 Å². The number of rotatable bonds is 1. The van der Waals surface area contributed by atoms with E-state index in [2.05, 4.69) is 4.98 Å². The highest BCUT2D eigenvalue weighted by Crippen LogP contribution is 2.24. The first-order chi connectivity index (χ1) is 7.72. The van der Waals surface area contributed by atoms with Crippen molar-refractivity contribution in [3.8, 4) is 11.5 Å². The van der Waals surface area contributed by atoms with Gasteiger partial charge in [0.05, 0.1) is 0 Å². The van der Waals surface area contributed by atoms with Crippen LogP contribution in [-0.2, 0) is 0 Å². The van der Waals surface area contributed by atoms with Crippen LogP contribution in [0.1, 0.15) is 0 Å². The standard InChI is InChI=1S/C11H8ClN3O/c12-10-3-2-9(16-10)8-6-15-5-7(13)1-4-11(15)14-8/h1-6H,13H2. The Balaban J connectivity index is 2.18. The van der Waals surface area contributed by atoms with Gasteiger partial charge in [-0.15, -0.1) is 0 Å². The first kappa shape index (κ1) is 9.30. The first-order valence-electron chi connectivity index (χ1n) is 4.72. The fourth-order valence-electron chi connectivity index (χ4n) is 1.58. The summed E-state index contributed by atoms with van der Waals surface area (Å²) in [7, 11) is 0. The molecule has 80 valence electrons. The molecule has 3 aromatic rings. The van der Waals surface area contributed by atoms with Gasteiger partial charge in [-0.25, -0.2) is 4.98 Å². The van der Waals surface area contributed by atoms with Crippen molar-refractivity contribution >= 4 is 22.9 Å². The number of furan rings is 1. The predicted molar refractivity (Wildman–Crippen MR) is 62.3 cm³/mol. The van der Waals surface area contributed by atoms with Crippen molar-refractivity contribution < 1.29 is 4.42 Å². The van der Waals surface area contributed by atoms with Crippen molar-refractivity contribution in [2.75, 3.05) is 5.73 Å². The van der Waals surface area contributed by atoms with Gasteiger partial charge in [0.2, 0.25) is 0 Å². The lowest BCUT2D eigenvalue weighted by molar-refractivity contribution is 0.582. The van der Waals surface area contributed by atoms with Crippen molar-refractivity contribution in [3.05, 3.63) is 41.9 Å². The highest BCUT2D eigenvalue weighted by Gasteiger charge is 2.08. The topological polar surface area (TPSA) is 56.5 Å². The molecule has 0 fully saturated rings. The first-order valence-corrected chi connectivity index (χ1v) is 5.10. The molecule has 0 aliphatic carbocycles. The number of nitrogens with zero attached hydrogens (tertiary/aromatic N) is 2. The van der Waals surface area contributed by atoms with Gasteiger partial charge in [0.1, 0.15) is 11.3 Å². The van der Waals surface area contributed by atoms with Crippen molar-refractivity contribution in [2.24, 2.45) is 0 Å². The van der Waals surface area contributed by atoms with E-state index < -0.39 is 0 Å².